The minimum absolute atomic E-state index is 0.272. The van der Waals surface area contributed by atoms with Crippen LogP contribution in [0.25, 0.3) is 10.8 Å². The third-order valence-electron chi connectivity index (χ3n) is 5.17. The molecule has 2 aromatic carbocycles. The molecule has 1 fully saturated rings. The number of hydrogen-bond acceptors (Lipinski definition) is 6. The van der Waals surface area contributed by atoms with E-state index in [4.69, 9.17) is 21.2 Å². The predicted octanol–water partition coefficient (Wildman–Crippen LogP) is 2.96. The van der Waals surface area contributed by atoms with Gasteiger partial charge in [-0.25, -0.2) is 4.99 Å². The maximum absolute atomic E-state index is 6.35. The van der Waals surface area contributed by atoms with Crippen molar-refractivity contribution in [2.45, 2.75) is 37.8 Å². The number of rotatable bonds is 2. The number of benzene rings is 2. The Morgan fingerprint density at radius 3 is 2.44 bits per heavy atom. The molecule has 2 aromatic rings. The second-order valence-corrected chi connectivity index (χ2v) is 6.65. The molecule has 0 saturated heterocycles. The lowest BCUT2D eigenvalue weighted by atomic mass is 9.87. The van der Waals surface area contributed by atoms with E-state index in [0.717, 1.165) is 47.9 Å². The molecule has 0 unspecified atom stereocenters. The van der Waals surface area contributed by atoms with Crippen molar-refractivity contribution in [1.82, 2.24) is 0 Å². The highest BCUT2D eigenvalue weighted by Gasteiger charge is 2.43. The van der Waals surface area contributed by atoms with Crippen molar-refractivity contribution in [2.75, 3.05) is 12.0 Å². The number of guanidine groups is 2. The Labute approximate surface area is 147 Å². The zero-order valence-electron chi connectivity index (χ0n) is 14.4. The Morgan fingerprint density at radius 2 is 1.72 bits per heavy atom. The summed E-state index contributed by atoms with van der Waals surface area (Å²) in [7, 11) is 1.69. The summed E-state index contributed by atoms with van der Waals surface area (Å²) >= 11 is 0. The van der Waals surface area contributed by atoms with Crippen molar-refractivity contribution in [3.8, 4) is 5.75 Å². The second-order valence-electron chi connectivity index (χ2n) is 6.65. The number of aliphatic imine (C=N–C) groups is 2. The van der Waals surface area contributed by atoms with Gasteiger partial charge >= 0.3 is 0 Å². The van der Waals surface area contributed by atoms with Crippen LogP contribution in [-0.4, -0.2) is 24.7 Å². The first-order chi connectivity index (χ1) is 12.1. The van der Waals surface area contributed by atoms with Crippen molar-refractivity contribution >= 4 is 28.4 Å². The first-order valence-corrected chi connectivity index (χ1v) is 8.70. The second kappa shape index (κ2) is 5.95. The van der Waals surface area contributed by atoms with Crippen LogP contribution in [0.15, 0.2) is 46.4 Å². The van der Waals surface area contributed by atoms with Crippen molar-refractivity contribution < 1.29 is 4.74 Å². The maximum Gasteiger partial charge on any atom is 0.220 e. The molecular formula is C19H23N5O. The summed E-state index contributed by atoms with van der Waals surface area (Å²) in [5.41, 5.74) is 12.9. The van der Waals surface area contributed by atoms with Crippen LogP contribution < -0.4 is 21.1 Å². The Kier molecular flexibility index (Phi) is 3.75. The van der Waals surface area contributed by atoms with Crippen LogP contribution in [0, 0.1) is 0 Å². The average molecular weight is 337 g/mol. The van der Waals surface area contributed by atoms with Crippen LogP contribution in [0.5, 0.6) is 5.75 Å². The van der Waals surface area contributed by atoms with E-state index in [1.165, 1.54) is 6.42 Å². The number of methoxy groups -OCH3 is 1. The lowest BCUT2D eigenvalue weighted by Gasteiger charge is -2.46. The number of nitrogens with two attached hydrogens (primary N) is 2. The van der Waals surface area contributed by atoms with E-state index in [0.29, 0.717) is 5.96 Å². The van der Waals surface area contributed by atoms with Crippen LogP contribution >= 0.6 is 0 Å². The van der Waals surface area contributed by atoms with E-state index in [-0.39, 0.29) is 5.96 Å². The number of ether oxygens (including phenoxy) is 1. The highest BCUT2D eigenvalue weighted by Crippen LogP contribution is 2.43. The molecule has 2 aliphatic rings. The molecule has 1 aliphatic carbocycles. The summed E-state index contributed by atoms with van der Waals surface area (Å²) < 4.78 is 5.52. The fraction of sp³-hybridized carbons (Fsp3) is 0.368. The first-order valence-electron chi connectivity index (χ1n) is 8.70. The van der Waals surface area contributed by atoms with E-state index < -0.39 is 5.66 Å². The quantitative estimate of drug-likeness (QED) is 0.881. The van der Waals surface area contributed by atoms with Gasteiger partial charge in [0.25, 0.3) is 0 Å². The Hall–Kier alpha value is -2.76. The highest BCUT2D eigenvalue weighted by atomic mass is 16.5. The molecule has 0 bridgehead atoms. The minimum Gasteiger partial charge on any atom is -0.496 e. The molecule has 6 nitrogen and oxygen atoms in total. The van der Waals surface area contributed by atoms with Gasteiger partial charge in [-0.1, -0.05) is 30.7 Å². The molecule has 25 heavy (non-hydrogen) atoms. The van der Waals surface area contributed by atoms with Crippen LogP contribution in [-0.2, 0) is 0 Å². The van der Waals surface area contributed by atoms with Gasteiger partial charge in [0.2, 0.25) is 11.9 Å². The van der Waals surface area contributed by atoms with E-state index in [9.17, 15) is 0 Å². The van der Waals surface area contributed by atoms with Crippen molar-refractivity contribution in [2.24, 2.45) is 21.5 Å². The highest BCUT2D eigenvalue weighted by molar-refractivity contribution is 6.11. The predicted molar refractivity (Wildman–Crippen MR) is 102 cm³/mol. The largest absolute Gasteiger partial charge is 0.496 e. The average Bonchev–Trinajstić information content (AvgIpc) is 2.62. The number of fused-ring (bicyclic) bond motifs is 1. The van der Waals surface area contributed by atoms with Crippen molar-refractivity contribution in [1.29, 1.82) is 0 Å². The summed E-state index contributed by atoms with van der Waals surface area (Å²) in [5.74, 6) is 1.52. The van der Waals surface area contributed by atoms with E-state index in [1.54, 1.807) is 7.11 Å². The van der Waals surface area contributed by atoms with Gasteiger partial charge in [-0.3, -0.25) is 4.90 Å². The van der Waals surface area contributed by atoms with Gasteiger partial charge in [0.15, 0.2) is 0 Å². The minimum atomic E-state index is -0.439. The lowest BCUT2D eigenvalue weighted by Crippen LogP contribution is -2.58. The molecule has 4 rings (SSSR count). The lowest BCUT2D eigenvalue weighted by molar-refractivity contribution is 0.306. The first kappa shape index (κ1) is 15.7. The molecule has 1 spiro atoms. The zero-order chi connectivity index (χ0) is 17.4. The summed E-state index contributed by atoms with van der Waals surface area (Å²) in [6.07, 6.45) is 5.27. The number of anilines is 1. The molecule has 0 atom stereocenters. The van der Waals surface area contributed by atoms with Crippen LogP contribution in [0.1, 0.15) is 32.1 Å². The fourth-order valence-electron chi connectivity index (χ4n) is 4.10. The van der Waals surface area contributed by atoms with Gasteiger partial charge in [0, 0.05) is 10.8 Å². The summed E-state index contributed by atoms with van der Waals surface area (Å²) in [6, 6.07) is 12.2. The molecule has 0 amide bonds. The molecule has 4 N–H and O–H groups in total. The third kappa shape index (κ3) is 2.49. The molecule has 1 heterocycles. The Bertz CT molecular complexity index is 867. The monoisotopic (exact) mass is 337 g/mol. The smallest absolute Gasteiger partial charge is 0.220 e. The van der Waals surface area contributed by atoms with E-state index in [1.807, 2.05) is 24.3 Å². The van der Waals surface area contributed by atoms with Gasteiger partial charge in [-0.15, -0.1) is 0 Å². The van der Waals surface area contributed by atoms with Gasteiger partial charge in [-0.05, 0) is 37.8 Å². The summed E-state index contributed by atoms with van der Waals surface area (Å²) in [6.45, 7) is 0. The molecular weight excluding hydrogens is 314 g/mol. The molecule has 0 radical (unpaired) electrons. The summed E-state index contributed by atoms with van der Waals surface area (Å²) in [4.78, 5) is 11.1. The van der Waals surface area contributed by atoms with Crippen LogP contribution in [0.3, 0.4) is 0 Å². The Balaban J connectivity index is 1.93. The van der Waals surface area contributed by atoms with Gasteiger partial charge in [0.1, 0.15) is 11.4 Å². The molecule has 1 aliphatic heterocycles. The Morgan fingerprint density at radius 1 is 1.00 bits per heavy atom. The molecule has 130 valence electrons. The van der Waals surface area contributed by atoms with Crippen molar-refractivity contribution in [3.63, 3.8) is 0 Å². The van der Waals surface area contributed by atoms with E-state index in [2.05, 4.69) is 22.0 Å². The van der Waals surface area contributed by atoms with E-state index >= 15 is 0 Å². The standard InChI is InChI=1S/C19H23N5O/c1-25-16-10-9-15(13-7-3-4-8-14(13)16)24-18(21)22-17(20)23-19(24)11-5-2-6-12-19/h3-4,7-10H,2,5-6,11-12H2,1H3,(H4,20,21,22,23). The van der Waals surface area contributed by atoms with Crippen LogP contribution in [0.2, 0.25) is 0 Å². The molecule has 0 aromatic heterocycles. The van der Waals surface area contributed by atoms with Gasteiger partial charge in [-0.2, -0.15) is 4.99 Å². The molecule has 6 heteroatoms. The van der Waals surface area contributed by atoms with Gasteiger partial charge < -0.3 is 16.2 Å². The topological polar surface area (TPSA) is 89.2 Å². The summed E-state index contributed by atoms with van der Waals surface area (Å²) in [5, 5.41) is 2.12. The van der Waals surface area contributed by atoms with Crippen molar-refractivity contribution in [3.05, 3.63) is 36.4 Å². The zero-order valence-corrected chi connectivity index (χ0v) is 14.4. The SMILES string of the molecule is COc1ccc(N2C(N)=NC(N)=NC23CCCCC3)c2ccccc12. The van der Waals surface area contributed by atoms with Gasteiger partial charge in [0.05, 0.1) is 12.8 Å². The molecule has 1 saturated carbocycles. The number of hydrogen-bond donors (Lipinski definition) is 2. The number of nitrogens with zero attached hydrogens (tertiary/aromatic N) is 3. The fourth-order valence-corrected chi connectivity index (χ4v) is 4.10. The maximum atomic E-state index is 6.35. The van der Waals surface area contributed by atoms with Crippen LogP contribution in [0.4, 0.5) is 5.69 Å². The normalized spacial score (nSPS) is 19.6. The third-order valence-corrected chi connectivity index (χ3v) is 5.17.